The van der Waals surface area contributed by atoms with Gasteiger partial charge in [-0.3, -0.25) is 9.59 Å². The molecule has 2 rings (SSSR count). The molecule has 0 spiro atoms. The molecule has 0 saturated carbocycles. The lowest BCUT2D eigenvalue weighted by atomic mass is 9.99. The molecule has 1 atom stereocenters. The molecule has 0 saturated heterocycles. The maximum atomic E-state index is 12.7. The average Bonchev–Trinajstić information content (AvgIpc) is 3.01. The summed E-state index contributed by atoms with van der Waals surface area (Å²) in [6.45, 7) is 7.24. The fraction of sp³-hybridized carbons (Fsp3) is 0.476. The van der Waals surface area contributed by atoms with Crippen LogP contribution in [0.2, 0.25) is 0 Å². The second-order valence-electron chi connectivity index (χ2n) is 7.53. The Kier molecular flexibility index (Phi) is 7.20. The van der Waals surface area contributed by atoms with E-state index in [0.29, 0.717) is 6.42 Å². The molecule has 0 aliphatic heterocycles. The van der Waals surface area contributed by atoms with Crippen LogP contribution in [0, 0.1) is 0 Å². The van der Waals surface area contributed by atoms with Crippen molar-refractivity contribution in [1.82, 2.24) is 10.3 Å². The number of amides is 1. The Balaban J connectivity index is 2.14. The number of H-pyrrole nitrogens is 1. The number of rotatable bonds is 8. The molecule has 0 fully saturated rings. The van der Waals surface area contributed by atoms with Gasteiger partial charge < -0.3 is 19.8 Å². The van der Waals surface area contributed by atoms with Crippen LogP contribution in [0.4, 0.5) is 4.79 Å². The quantitative estimate of drug-likeness (QED) is 0.675. The first-order valence-corrected chi connectivity index (χ1v) is 9.42. The highest BCUT2D eigenvalue weighted by Gasteiger charge is 2.26. The van der Waals surface area contributed by atoms with Crippen LogP contribution in [-0.2, 0) is 25.5 Å². The van der Waals surface area contributed by atoms with Crippen LogP contribution in [0.3, 0.4) is 0 Å². The predicted octanol–water partition coefficient (Wildman–Crippen LogP) is 3.52. The highest BCUT2D eigenvalue weighted by Crippen LogP contribution is 2.20. The van der Waals surface area contributed by atoms with E-state index in [1.807, 2.05) is 30.5 Å². The summed E-state index contributed by atoms with van der Waals surface area (Å²) in [6.07, 6.45) is 1.42. The maximum Gasteiger partial charge on any atom is 0.408 e. The van der Waals surface area contributed by atoms with E-state index >= 15 is 0 Å². The number of aromatic nitrogens is 1. The summed E-state index contributed by atoms with van der Waals surface area (Å²) in [5.41, 5.74) is 1.18. The molecular formula is C21H28N2O5. The fourth-order valence-electron chi connectivity index (χ4n) is 2.85. The van der Waals surface area contributed by atoms with Crippen molar-refractivity contribution in [2.45, 2.75) is 58.6 Å². The third-order valence-corrected chi connectivity index (χ3v) is 4.06. The number of para-hydroxylation sites is 1. The lowest BCUT2D eigenvalue weighted by Gasteiger charge is -2.23. The van der Waals surface area contributed by atoms with E-state index in [0.717, 1.165) is 16.5 Å². The topological polar surface area (TPSA) is 97.5 Å². The van der Waals surface area contributed by atoms with Gasteiger partial charge >= 0.3 is 12.1 Å². The molecule has 1 aromatic heterocycles. The van der Waals surface area contributed by atoms with Crippen molar-refractivity contribution < 1.29 is 23.9 Å². The third-order valence-electron chi connectivity index (χ3n) is 4.06. The summed E-state index contributed by atoms with van der Waals surface area (Å²) in [7, 11) is 0. The highest BCUT2D eigenvalue weighted by molar-refractivity contribution is 5.91. The molecule has 1 aromatic carbocycles. The van der Waals surface area contributed by atoms with E-state index in [2.05, 4.69) is 10.3 Å². The molecule has 28 heavy (non-hydrogen) atoms. The third kappa shape index (κ3) is 6.40. The van der Waals surface area contributed by atoms with Gasteiger partial charge in [-0.25, -0.2) is 4.79 Å². The molecule has 152 valence electrons. The van der Waals surface area contributed by atoms with E-state index in [1.54, 1.807) is 27.7 Å². The molecule has 7 heteroatoms. The molecule has 0 radical (unpaired) electrons. The summed E-state index contributed by atoms with van der Waals surface area (Å²) < 4.78 is 10.2. The zero-order chi connectivity index (χ0) is 20.7. The van der Waals surface area contributed by atoms with Crippen LogP contribution in [0.25, 0.3) is 10.9 Å². The Morgan fingerprint density at radius 3 is 2.54 bits per heavy atom. The molecule has 0 aliphatic rings. The molecule has 1 amide bonds. The zero-order valence-corrected chi connectivity index (χ0v) is 16.8. The molecule has 2 aromatic rings. The minimum Gasteiger partial charge on any atom is -0.466 e. The van der Waals surface area contributed by atoms with Gasteiger partial charge in [0.25, 0.3) is 0 Å². The number of alkyl carbamates (subject to hydrolysis) is 1. The number of Topliss-reactive ketones (excluding diaryl/α,β-unsaturated/α-hetero) is 1. The number of fused-ring (bicyclic) bond motifs is 1. The summed E-state index contributed by atoms with van der Waals surface area (Å²) >= 11 is 0. The Morgan fingerprint density at radius 1 is 1.14 bits per heavy atom. The Bertz CT molecular complexity index is 835. The summed E-state index contributed by atoms with van der Waals surface area (Å²) in [5, 5.41) is 3.64. The van der Waals surface area contributed by atoms with Crippen LogP contribution < -0.4 is 5.32 Å². The van der Waals surface area contributed by atoms with Gasteiger partial charge in [0.05, 0.1) is 19.1 Å². The monoisotopic (exact) mass is 388 g/mol. The van der Waals surface area contributed by atoms with Gasteiger partial charge in [-0.1, -0.05) is 18.2 Å². The molecule has 1 heterocycles. The Hall–Kier alpha value is -2.83. The van der Waals surface area contributed by atoms with Gasteiger partial charge in [-0.2, -0.15) is 0 Å². The average molecular weight is 388 g/mol. The van der Waals surface area contributed by atoms with Crippen LogP contribution in [-0.4, -0.2) is 41.1 Å². The summed E-state index contributed by atoms with van der Waals surface area (Å²) in [4.78, 5) is 39.7. The first kappa shape index (κ1) is 21.5. The highest BCUT2D eigenvalue weighted by atomic mass is 16.6. The number of nitrogens with one attached hydrogen (secondary N) is 2. The molecule has 2 N–H and O–H groups in total. The smallest absolute Gasteiger partial charge is 0.408 e. The second-order valence-corrected chi connectivity index (χ2v) is 7.53. The second kappa shape index (κ2) is 9.39. The number of ketones is 1. The lowest BCUT2D eigenvalue weighted by molar-refractivity contribution is -0.144. The minimum absolute atomic E-state index is 0.0122. The van der Waals surface area contributed by atoms with Crippen molar-refractivity contribution in [2.24, 2.45) is 0 Å². The van der Waals surface area contributed by atoms with Crippen molar-refractivity contribution >= 4 is 28.7 Å². The predicted molar refractivity (Wildman–Crippen MR) is 106 cm³/mol. The van der Waals surface area contributed by atoms with Crippen molar-refractivity contribution in [3.63, 3.8) is 0 Å². The first-order chi connectivity index (χ1) is 13.2. The summed E-state index contributed by atoms with van der Waals surface area (Å²) in [6, 6.07) is 6.93. The lowest BCUT2D eigenvalue weighted by Crippen LogP contribution is -2.44. The van der Waals surface area contributed by atoms with Gasteiger partial charge in [0.2, 0.25) is 0 Å². The number of carbonyl (C=O) groups is 3. The number of ether oxygens (including phenoxy) is 2. The van der Waals surface area contributed by atoms with E-state index in [-0.39, 0.29) is 25.2 Å². The van der Waals surface area contributed by atoms with E-state index in [4.69, 9.17) is 9.47 Å². The number of hydrogen-bond donors (Lipinski definition) is 2. The number of benzene rings is 1. The molecule has 7 nitrogen and oxygen atoms in total. The maximum absolute atomic E-state index is 12.7. The Labute approximate surface area is 164 Å². The normalized spacial score (nSPS) is 12.4. The standard InChI is InChI=1S/C21H28N2O5/c1-5-27-19(25)11-10-18(24)17(23-20(26)28-21(2,3)4)12-14-13-22-16-9-7-6-8-15(14)16/h6-9,13,17,22H,5,10-12H2,1-4H3,(H,23,26)/t17-/m0/s1. The van der Waals surface area contributed by atoms with Crippen LogP contribution >= 0.6 is 0 Å². The molecule has 0 unspecified atom stereocenters. The molecule has 0 bridgehead atoms. The van der Waals surface area contributed by atoms with E-state index in [1.165, 1.54) is 0 Å². The van der Waals surface area contributed by atoms with E-state index < -0.39 is 23.7 Å². The number of esters is 1. The largest absolute Gasteiger partial charge is 0.466 e. The molecule has 0 aliphatic carbocycles. The van der Waals surface area contributed by atoms with Crippen LogP contribution in [0.5, 0.6) is 0 Å². The first-order valence-electron chi connectivity index (χ1n) is 9.42. The minimum atomic E-state index is -0.802. The van der Waals surface area contributed by atoms with Gasteiger partial charge in [-0.05, 0) is 39.3 Å². The Morgan fingerprint density at radius 2 is 1.86 bits per heavy atom. The van der Waals surface area contributed by atoms with Gasteiger partial charge in [0.1, 0.15) is 5.60 Å². The van der Waals surface area contributed by atoms with Gasteiger partial charge in [0.15, 0.2) is 5.78 Å². The molecular weight excluding hydrogens is 360 g/mol. The number of aromatic amines is 1. The summed E-state index contributed by atoms with van der Waals surface area (Å²) in [5.74, 6) is -0.678. The number of hydrogen-bond acceptors (Lipinski definition) is 5. The zero-order valence-electron chi connectivity index (χ0n) is 16.8. The SMILES string of the molecule is CCOC(=O)CCC(=O)[C@H](Cc1c[nH]c2ccccc12)NC(=O)OC(C)(C)C. The van der Waals surface area contributed by atoms with Gasteiger partial charge in [-0.15, -0.1) is 0 Å². The van der Waals surface area contributed by atoms with Crippen molar-refractivity contribution in [3.8, 4) is 0 Å². The van der Waals surface area contributed by atoms with Gasteiger partial charge in [0, 0.05) is 29.9 Å². The number of carbonyl (C=O) groups excluding carboxylic acids is 3. The van der Waals surface area contributed by atoms with Crippen molar-refractivity contribution in [2.75, 3.05) is 6.61 Å². The van der Waals surface area contributed by atoms with E-state index in [9.17, 15) is 14.4 Å². The van der Waals surface area contributed by atoms with Crippen LogP contribution in [0.15, 0.2) is 30.5 Å². The van der Waals surface area contributed by atoms with Crippen molar-refractivity contribution in [3.05, 3.63) is 36.0 Å². The van der Waals surface area contributed by atoms with Crippen LogP contribution in [0.1, 0.15) is 46.1 Å². The fourth-order valence-corrected chi connectivity index (χ4v) is 2.85. The van der Waals surface area contributed by atoms with Crippen molar-refractivity contribution in [1.29, 1.82) is 0 Å².